The maximum atomic E-state index is 12.1. The van der Waals surface area contributed by atoms with Gasteiger partial charge in [-0.05, 0) is 18.2 Å². The summed E-state index contributed by atoms with van der Waals surface area (Å²) < 4.78 is 23.5. The summed E-state index contributed by atoms with van der Waals surface area (Å²) in [7, 11) is -3.80. The summed E-state index contributed by atoms with van der Waals surface area (Å²) in [6.07, 6.45) is 0. The minimum absolute atomic E-state index is 0.0459. The lowest BCUT2D eigenvalue weighted by Gasteiger charge is -2.06. The van der Waals surface area contributed by atoms with Crippen molar-refractivity contribution >= 4 is 44.7 Å². The Bertz CT molecular complexity index is 1020. The van der Waals surface area contributed by atoms with Gasteiger partial charge < -0.3 is 5.32 Å². The maximum absolute atomic E-state index is 12.1. The Morgan fingerprint density at radius 1 is 1.15 bits per heavy atom. The van der Waals surface area contributed by atoms with E-state index in [9.17, 15) is 13.2 Å². The third-order valence-corrected chi connectivity index (χ3v) is 6.26. The normalized spacial score (nSPS) is 11.3. The number of hydrogen-bond donors (Lipinski definition) is 2. The van der Waals surface area contributed by atoms with E-state index in [1.54, 1.807) is 6.07 Å². The fraction of sp³-hybridized carbons (Fsp3) is 0.0588. The number of nitrogens with two attached hydrogens (primary N) is 1. The summed E-state index contributed by atoms with van der Waals surface area (Å²) in [5.41, 5.74) is 2.28. The molecule has 1 amide bonds. The predicted octanol–water partition coefficient (Wildman–Crippen LogP) is 3.19. The van der Waals surface area contributed by atoms with E-state index < -0.39 is 10.0 Å². The van der Waals surface area contributed by atoms with Gasteiger partial charge in [-0.3, -0.25) is 4.79 Å². The Hall–Kier alpha value is -2.20. The third kappa shape index (κ3) is 4.92. The molecule has 6 nitrogen and oxygen atoms in total. The van der Waals surface area contributed by atoms with E-state index in [4.69, 9.17) is 5.14 Å². The van der Waals surface area contributed by atoms with Crippen molar-refractivity contribution in [1.82, 2.24) is 4.98 Å². The lowest BCUT2D eigenvalue weighted by Crippen LogP contribution is -2.16. The average Bonchev–Trinajstić information content (AvgIpc) is 3.09. The van der Waals surface area contributed by atoms with E-state index in [1.165, 1.54) is 41.3 Å². The van der Waals surface area contributed by atoms with Crippen molar-refractivity contribution in [2.24, 2.45) is 5.14 Å². The lowest BCUT2D eigenvalue weighted by atomic mass is 10.2. The second kappa shape index (κ2) is 8.00. The van der Waals surface area contributed by atoms with Crippen LogP contribution >= 0.6 is 23.1 Å². The summed E-state index contributed by atoms with van der Waals surface area (Å²) in [6, 6.07) is 15.6. The molecule has 0 aliphatic rings. The second-order valence-corrected chi connectivity index (χ2v) is 8.92. The number of carbonyl (C=O) groups is 1. The van der Waals surface area contributed by atoms with Crippen LogP contribution in [0.4, 0.5) is 5.69 Å². The molecule has 0 saturated carbocycles. The van der Waals surface area contributed by atoms with Crippen LogP contribution < -0.4 is 10.5 Å². The molecule has 0 radical (unpaired) electrons. The standard InChI is InChI=1S/C17H15N3O3S3/c18-26(22,23)14-8-4-7-13(9-14)19-16(21)11-25-17-20-15(10-24-17)12-5-2-1-3-6-12/h1-10H,11H2,(H,19,21)(H2,18,22,23). The number of sulfonamides is 1. The van der Waals surface area contributed by atoms with Crippen LogP contribution in [0.25, 0.3) is 11.3 Å². The van der Waals surface area contributed by atoms with Crippen LogP contribution in [0.5, 0.6) is 0 Å². The van der Waals surface area contributed by atoms with Gasteiger partial charge in [-0.1, -0.05) is 48.2 Å². The molecule has 0 saturated heterocycles. The van der Waals surface area contributed by atoms with Crippen LogP contribution in [0, 0.1) is 0 Å². The molecule has 2 aromatic carbocycles. The maximum Gasteiger partial charge on any atom is 0.238 e. The Balaban J connectivity index is 1.59. The van der Waals surface area contributed by atoms with Crippen LogP contribution in [0.3, 0.4) is 0 Å². The topological polar surface area (TPSA) is 102 Å². The molecule has 3 N–H and O–H groups in total. The van der Waals surface area contributed by atoms with Crippen LogP contribution in [0.2, 0.25) is 0 Å². The number of amides is 1. The number of nitrogens with zero attached hydrogens (tertiary/aromatic N) is 1. The third-order valence-electron chi connectivity index (χ3n) is 3.33. The van der Waals surface area contributed by atoms with Gasteiger partial charge in [0.25, 0.3) is 0 Å². The van der Waals surface area contributed by atoms with Gasteiger partial charge in [-0.25, -0.2) is 18.5 Å². The summed E-state index contributed by atoms with van der Waals surface area (Å²) in [4.78, 5) is 16.6. The number of rotatable bonds is 6. The monoisotopic (exact) mass is 405 g/mol. The van der Waals surface area contributed by atoms with E-state index >= 15 is 0 Å². The lowest BCUT2D eigenvalue weighted by molar-refractivity contribution is -0.113. The van der Waals surface area contributed by atoms with Crippen molar-refractivity contribution in [2.75, 3.05) is 11.1 Å². The van der Waals surface area contributed by atoms with Gasteiger partial charge in [-0.15, -0.1) is 11.3 Å². The first-order chi connectivity index (χ1) is 12.4. The molecule has 0 fully saturated rings. The fourth-order valence-corrected chi connectivity index (χ4v) is 4.33. The molecular formula is C17H15N3O3S3. The Labute approximate surface area is 159 Å². The Morgan fingerprint density at radius 3 is 2.65 bits per heavy atom. The zero-order chi connectivity index (χ0) is 18.6. The van der Waals surface area contributed by atoms with Crippen LogP contribution in [0.1, 0.15) is 0 Å². The number of thioether (sulfide) groups is 1. The molecule has 0 aliphatic heterocycles. The quantitative estimate of drug-likeness (QED) is 0.613. The summed E-state index contributed by atoms with van der Waals surface area (Å²) >= 11 is 2.80. The smallest absolute Gasteiger partial charge is 0.238 e. The second-order valence-electron chi connectivity index (χ2n) is 5.27. The highest BCUT2D eigenvalue weighted by atomic mass is 32.2. The van der Waals surface area contributed by atoms with Gasteiger partial charge in [0.05, 0.1) is 16.3 Å². The molecule has 0 bridgehead atoms. The van der Waals surface area contributed by atoms with Crippen molar-refractivity contribution < 1.29 is 13.2 Å². The molecule has 134 valence electrons. The number of hydrogen-bond acceptors (Lipinski definition) is 6. The molecule has 0 spiro atoms. The molecule has 0 unspecified atom stereocenters. The SMILES string of the molecule is NS(=O)(=O)c1cccc(NC(=O)CSc2nc(-c3ccccc3)cs2)c1. The molecule has 1 aromatic heterocycles. The number of aromatic nitrogens is 1. The number of carbonyl (C=O) groups excluding carboxylic acids is 1. The Kier molecular flexibility index (Phi) is 5.72. The fourth-order valence-electron chi connectivity index (χ4n) is 2.14. The first kappa shape index (κ1) is 18.6. The minimum atomic E-state index is -3.80. The van der Waals surface area contributed by atoms with Gasteiger partial charge in [-0.2, -0.15) is 0 Å². The van der Waals surface area contributed by atoms with E-state index in [1.807, 2.05) is 35.7 Å². The van der Waals surface area contributed by atoms with E-state index in [-0.39, 0.29) is 16.6 Å². The van der Waals surface area contributed by atoms with Crippen molar-refractivity contribution in [3.05, 3.63) is 60.0 Å². The molecule has 9 heteroatoms. The minimum Gasteiger partial charge on any atom is -0.325 e. The number of primary sulfonamides is 1. The van der Waals surface area contributed by atoms with E-state index in [0.717, 1.165) is 15.6 Å². The van der Waals surface area contributed by atoms with Crippen molar-refractivity contribution in [3.8, 4) is 11.3 Å². The van der Waals surface area contributed by atoms with Gasteiger partial charge in [0.1, 0.15) is 0 Å². The highest BCUT2D eigenvalue weighted by molar-refractivity contribution is 8.01. The number of anilines is 1. The van der Waals surface area contributed by atoms with Gasteiger partial charge in [0, 0.05) is 16.6 Å². The zero-order valence-corrected chi connectivity index (χ0v) is 15.9. The molecule has 0 aliphatic carbocycles. The van der Waals surface area contributed by atoms with E-state index in [2.05, 4.69) is 10.3 Å². The van der Waals surface area contributed by atoms with Gasteiger partial charge in [0.2, 0.25) is 15.9 Å². The predicted molar refractivity (Wildman–Crippen MR) is 105 cm³/mol. The van der Waals surface area contributed by atoms with Crippen LogP contribution in [0.15, 0.2) is 69.2 Å². The average molecular weight is 406 g/mol. The largest absolute Gasteiger partial charge is 0.325 e. The molecule has 3 aromatic rings. The highest BCUT2D eigenvalue weighted by Gasteiger charge is 2.11. The summed E-state index contributed by atoms with van der Waals surface area (Å²) in [5.74, 6) is -0.0838. The molecule has 1 heterocycles. The van der Waals surface area contributed by atoms with Gasteiger partial charge in [0.15, 0.2) is 4.34 Å². The Morgan fingerprint density at radius 2 is 1.92 bits per heavy atom. The highest BCUT2D eigenvalue weighted by Crippen LogP contribution is 2.28. The summed E-state index contributed by atoms with van der Waals surface area (Å²) in [5, 5.41) is 9.70. The van der Waals surface area contributed by atoms with Gasteiger partial charge >= 0.3 is 0 Å². The number of benzene rings is 2. The molecular weight excluding hydrogens is 390 g/mol. The number of thiazole rings is 1. The van der Waals surface area contributed by atoms with Crippen LogP contribution in [-0.4, -0.2) is 25.1 Å². The summed E-state index contributed by atoms with van der Waals surface area (Å²) in [6.45, 7) is 0. The first-order valence-corrected chi connectivity index (χ1v) is 10.9. The number of nitrogens with one attached hydrogen (secondary N) is 1. The molecule has 26 heavy (non-hydrogen) atoms. The van der Waals surface area contributed by atoms with E-state index in [0.29, 0.717) is 5.69 Å². The molecule has 0 atom stereocenters. The van der Waals surface area contributed by atoms with Crippen LogP contribution in [-0.2, 0) is 14.8 Å². The van der Waals surface area contributed by atoms with Crippen molar-refractivity contribution in [3.63, 3.8) is 0 Å². The zero-order valence-electron chi connectivity index (χ0n) is 13.5. The first-order valence-electron chi connectivity index (χ1n) is 7.48. The van der Waals surface area contributed by atoms with Crippen molar-refractivity contribution in [1.29, 1.82) is 0 Å². The van der Waals surface area contributed by atoms with Crippen molar-refractivity contribution in [2.45, 2.75) is 9.24 Å². The molecule has 3 rings (SSSR count).